The highest BCUT2D eigenvalue weighted by atomic mass is 14.1. The average molecular weight is 176 g/mol. The molecule has 1 rings (SSSR count). The normalized spacial score (nSPS) is 15.2. The molecule has 1 aliphatic rings. The van der Waals surface area contributed by atoms with Crippen LogP contribution in [-0.2, 0) is 0 Å². The molecule has 0 spiro atoms. The molecule has 0 fully saturated rings. The monoisotopic (exact) mass is 176 g/mol. The first-order chi connectivity index (χ1) is 6.34. The van der Waals surface area contributed by atoms with Gasteiger partial charge in [-0.1, -0.05) is 57.4 Å². The SMILES string of the molecule is C=C1C=CC=C1CCCCCCC. The van der Waals surface area contributed by atoms with Crippen LogP contribution in [0, 0.1) is 0 Å². The molecule has 0 heteroatoms. The summed E-state index contributed by atoms with van der Waals surface area (Å²) in [6, 6.07) is 0. The number of hydrogen-bond donors (Lipinski definition) is 0. The van der Waals surface area contributed by atoms with Crippen molar-refractivity contribution in [3.8, 4) is 0 Å². The highest BCUT2D eigenvalue weighted by Crippen LogP contribution is 2.22. The third-order valence-corrected chi connectivity index (χ3v) is 2.56. The molecule has 13 heavy (non-hydrogen) atoms. The molecule has 0 unspecified atom stereocenters. The number of allylic oxidation sites excluding steroid dienone is 5. The van der Waals surface area contributed by atoms with Crippen molar-refractivity contribution in [2.45, 2.75) is 45.4 Å². The number of rotatable bonds is 6. The quantitative estimate of drug-likeness (QED) is 0.526. The second-order valence-electron chi connectivity index (χ2n) is 3.74. The third kappa shape index (κ3) is 3.63. The Morgan fingerprint density at radius 1 is 1.15 bits per heavy atom. The van der Waals surface area contributed by atoms with Gasteiger partial charge in [-0.05, 0) is 24.0 Å². The van der Waals surface area contributed by atoms with Crippen LogP contribution >= 0.6 is 0 Å². The Balaban J connectivity index is 2.04. The van der Waals surface area contributed by atoms with Gasteiger partial charge in [-0.15, -0.1) is 0 Å². The lowest BCUT2D eigenvalue weighted by atomic mass is 10.0. The van der Waals surface area contributed by atoms with Crippen molar-refractivity contribution in [3.05, 3.63) is 36.0 Å². The minimum atomic E-state index is 1.22. The minimum absolute atomic E-state index is 1.22. The van der Waals surface area contributed by atoms with Gasteiger partial charge in [-0.2, -0.15) is 0 Å². The van der Waals surface area contributed by atoms with E-state index in [4.69, 9.17) is 0 Å². The Morgan fingerprint density at radius 3 is 2.54 bits per heavy atom. The predicted molar refractivity (Wildman–Crippen MR) is 59.7 cm³/mol. The zero-order chi connectivity index (χ0) is 9.52. The maximum absolute atomic E-state index is 4.00. The van der Waals surface area contributed by atoms with E-state index < -0.39 is 0 Å². The van der Waals surface area contributed by atoms with Gasteiger partial charge in [0.2, 0.25) is 0 Å². The second kappa shape index (κ2) is 5.80. The van der Waals surface area contributed by atoms with Crippen molar-refractivity contribution in [1.29, 1.82) is 0 Å². The molecule has 0 aliphatic heterocycles. The fourth-order valence-electron chi connectivity index (χ4n) is 1.66. The summed E-state index contributed by atoms with van der Waals surface area (Å²) < 4.78 is 0. The lowest BCUT2D eigenvalue weighted by Gasteiger charge is -2.03. The summed E-state index contributed by atoms with van der Waals surface area (Å²) in [7, 11) is 0. The molecule has 0 heterocycles. The van der Waals surface area contributed by atoms with Gasteiger partial charge in [0.05, 0.1) is 0 Å². The zero-order valence-corrected chi connectivity index (χ0v) is 8.68. The summed E-state index contributed by atoms with van der Waals surface area (Å²) >= 11 is 0. The van der Waals surface area contributed by atoms with E-state index in [9.17, 15) is 0 Å². The van der Waals surface area contributed by atoms with Gasteiger partial charge in [-0.25, -0.2) is 0 Å². The first kappa shape index (κ1) is 10.3. The lowest BCUT2D eigenvalue weighted by molar-refractivity contribution is 0.632. The summed E-state index contributed by atoms with van der Waals surface area (Å²) in [5.74, 6) is 0. The van der Waals surface area contributed by atoms with Crippen LogP contribution < -0.4 is 0 Å². The van der Waals surface area contributed by atoms with Crippen LogP contribution in [0.5, 0.6) is 0 Å². The van der Waals surface area contributed by atoms with Crippen molar-refractivity contribution < 1.29 is 0 Å². The smallest absolute Gasteiger partial charge is 0.0273 e. The predicted octanol–water partition coefficient (Wildman–Crippen LogP) is 4.40. The van der Waals surface area contributed by atoms with Crippen molar-refractivity contribution in [2.75, 3.05) is 0 Å². The Bertz CT molecular complexity index is 218. The Kier molecular flexibility index (Phi) is 4.59. The van der Waals surface area contributed by atoms with Crippen LogP contribution in [0.4, 0.5) is 0 Å². The van der Waals surface area contributed by atoms with Crippen LogP contribution in [-0.4, -0.2) is 0 Å². The molecule has 0 aromatic carbocycles. The summed E-state index contributed by atoms with van der Waals surface area (Å²) in [5.41, 5.74) is 2.66. The molecule has 0 nitrogen and oxygen atoms in total. The molecular formula is C13H20. The molecule has 0 aromatic rings. The van der Waals surface area contributed by atoms with Crippen LogP contribution in [0.3, 0.4) is 0 Å². The van der Waals surface area contributed by atoms with Crippen molar-refractivity contribution in [3.63, 3.8) is 0 Å². The fraction of sp³-hybridized carbons (Fsp3) is 0.538. The van der Waals surface area contributed by atoms with Crippen molar-refractivity contribution in [2.24, 2.45) is 0 Å². The van der Waals surface area contributed by atoms with Crippen LogP contribution in [0.15, 0.2) is 36.0 Å². The molecule has 72 valence electrons. The van der Waals surface area contributed by atoms with E-state index in [2.05, 4.69) is 31.7 Å². The van der Waals surface area contributed by atoms with E-state index in [-0.39, 0.29) is 0 Å². The van der Waals surface area contributed by atoms with Gasteiger partial charge < -0.3 is 0 Å². The molecule has 0 aromatic heterocycles. The minimum Gasteiger partial charge on any atom is -0.0915 e. The van der Waals surface area contributed by atoms with Crippen molar-refractivity contribution in [1.82, 2.24) is 0 Å². The van der Waals surface area contributed by atoms with Gasteiger partial charge in [0.15, 0.2) is 0 Å². The average Bonchev–Trinajstić information content (AvgIpc) is 2.52. The summed E-state index contributed by atoms with van der Waals surface area (Å²) in [6.07, 6.45) is 14.4. The highest BCUT2D eigenvalue weighted by molar-refractivity contribution is 5.46. The molecule has 0 amide bonds. The third-order valence-electron chi connectivity index (χ3n) is 2.56. The molecular weight excluding hydrogens is 156 g/mol. The number of hydrogen-bond acceptors (Lipinski definition) is 0. The van der Waals surface area contributed by atoms with Gasteiger partial charge in [0.25, 0.3) is 0 Å². The Morgan fingerprint density at radius 2 is 1.92 bits per heavy atom. The van der Waals surface area contributed by atoms with E-state index >= 15 is 0 Å². The maximum Gasteiger partial charge on any atom is -0.0273 e. The van der Waals surface area contributed by atoms with Crippen LogP contribution in [0.25, 0.3) is 0 Å². The lowest BCUT2D eigenvalue weighted by Crippen LogP contribution is -1.83. The molecule has 0 radical (unpaired) electrons. The fourth-order valence-corrected chi connectivity index (χ4v) is 1.66. The topological polar surface area (TPSA) is 0 Å². The second-order valence-corrected chi connectivity index (χ2v) is 3.74. The summed E-state index contributed by atoms with van der Waals surface area (Å²) in [6.45, 7) is 6.25. The standard InChI is InChI=1S/C13H20/c1-3-4-5-6-7-10-13-11-8-9-12(13)2/h8-9,11H,2-7,10H2,1H3. The van der Waals surface area contributed by atoms with Gasteiger partial charge in [0.1, 0.15) is 0 Å². The maximum atomic E-state index is 4.00. The molecule has 1 aliphatic carbocycles. The molecule has 0 bridgehead atoms. The molecule has 0 saturated heterocycles. The molecule has 0 atom stereocenters. The van der Waals surface area contributed by atoms with Gasteiger partial charge >= 0.3 is 0 Å². The number of unbranched alkanes of at least 4 members (excludes halogenated alkanes) is 4. The van der Waals surface area contributed by atoms with Gasteiger partial charge in [0, 0.05) is 0 Å². The summed E-state index contributed by atoms with van der Waals surface area (Å²) in [5, 5.41) is 0. The van der Waals surface area contributed by atoms with Crippen LogP contribution in [0.1, 0.15) is 45.4 Å². The largest absolute Gasteiger partial charge is 0.0915 e. The van der Waals surface area contributed by atoms with Crippen LogP contribution in [0.2, 0.25) is 0 Å². The Labute approximate surface area is 82.0 Å². The Hall–Kier alpha value is -0.780. The first-order valence-corrected chi connectivity index (χ1v) is 5.41. The molecule has 0 saturated carbocycles. The van der Waals surface area contributed by atoms with Gasteiger partial charge in [-0.3, -0.25) is 0 Å². The van der Waals surface area contributed by atoms with E-state index in [1.165, 1.54) is 49.7 Å². The van der Waals surface area contributed by atoms with E-state index in [1.807, 2.05) is 0 Å². The highest BCUT2D eigenvalue weighted by Gasteiger charge is 2.02. The zero-order valence-electron chi connectivity index (χ0n) is 8.68. The van der Waals surface area contributed by atoms with Crippen molar-refractivity contribution >= 4 is 0 Å². The van der Waals surface area contributed by atoms with E-state index in [0.717, 1.165) is 0 Å². The first-order valence-electron chi connectivity index (χ1n) is 5.41. The molecule has 0 N–H and O–H groups in total. The van der Waals surface area contributed by atoms with E-state index in [1.54, 1.807) is 0 Å². The van der Waals surface area contributed by atoms with E-state index in [0.29, 0.717) is 0 Å². The summed E-state index contributed by atoms with van der Waals surface area (Å²) in [4.78, 5) is 0.